The van der Waals surface area contributed by atoms with Crippen LogP contribution in [0.4, 0.5) is 0 Å². The summed E-state index contributed by atoms with van der Waals surface area (Å²) in [6.07, 6.45) is 2.42. The Hall–Kier alpha value is -3.58. The van der Waals surface area contributed by atoms with Crippen molar-refractivity contribution in [2.24, 2.45) is 0 Å². The molecule has 5 rings (SSSR count). The number of halogens is 1. The van der Waals surface area contributed by atoms with E-state index in [1.807, 2.05) is 42.5 Å². The van der Waals surface area contributed by atoms with Gasteiger partial charge in [-0.15, -0.1) is 0 Å². The first kappa shape index (κ1) is 19.4. The second-order valence-corrected chi connectivity index (χ2v) is 8.06. The van der Waals surface area contributed by atoms with Gasteiger partial charge in [-0.1, -0.05) is 52.3 Å². The molecule has 0 unspecified atom stereocenters. The van der Waals surface area contributed by atoms with Gasteiger partial charge in [-0.3, -0.25) is 9.59 Å². The molecule has 0 spiro atoms. The molecule has 31 heavy (non-hydrogen) atoms. The van der Waals surface area contributed by atoms with Crippen molar-refractivity contribution < 1.29 is 9.59 Å². The number of hydrogen-bond acceptors (Lipinski definition) is 4. The van der Waals surface area contributed by atoms with Gasteiger partial charge < -0.3 is 10.3 Å². The molecule has 2 N–H and O–H groups in total. The summed E-state index contributed by atoms with van der Waals surface area (Å²) in [6.45, 7) is 0.616. The molecule has 2 aromatic heterocycles. The van der Waals surface area contributed by atoms with Gasteiger partial charge in [-0.2, -0.15) is 0 Å². The number of rotatable bonds is 4. The maximum absolute atomic E-state index is 13.2. The van der Waals surface area contributed by atoms with Crippen LogP contribution in [0, 0.1) is 0 Å². The zero-order valence-corrected chi connectivity index (χ0v) is 17.9. The lowest BCUT2D eigenvalue weighted by Crippen LogP contribution is -2.31. The summed E-state index contributed by atoms with van der Waals surface area (Å²) >= 11 is 3.46. The fourth-order valence-electron chi connectivity index (χ4n) is 3.74. The molecule has 0 aliphatic carbocycles. The number of carbonyl (C=O) groups excluding carboxylic acids is 2. The molecule has 0 saturated carbocycles. The number of nitrogens with zero attached hydrogens (tertiary/aromatic N) is 2. The lowest BCUT2D eigenvalue weighted by Gasteiger charge is -2.11. The van der Waals surface area contributed by atoms with Gasteiger partial charge in [0.2, 0.25) is 0 Å². The SMILES string of the molecule is O=C(c1ccccc1Br)c1ccccc1-c1nccc(-c2cc3c([nH]2)CCNC3=O)n1. The first-order chi connectivity index (χ1) is 15.1. The van der Waals surface area contributed by atoms with Gasteiger partial charge >= 0.3 is 0 Å². The predicted molar refractivity (Wildman–Crippen MR) is 121 cm³/mol. The number of H-pyrrole nitrogens is 1. The molecule has 4 aromatic rings. The van der Waals surface area contributed by atoms with E-state index in [4.69, 9.17) is 4.98 Å². The number of aromatic nitrogens is 3. The van der Waals surface area contributed by atoms with Gasteiger partial charge in [0.05, 0.1) is 17.0 Å². The maximum Gasteiger partial charge on any atom is 0.253 e. The average Bonchev–Trinajstić information content (AvgIpc) is 3.25. The molecule has 3 heterocycles. The van der Waals surface area contributed by atoms with E-state index in [2.05, 4.69) is 31.2 Å². The third-order valence-corrected chi connectivity index (χ3v) is 5.96. The maximum atomic E-state index is 13.2. The first-order valence-electron chi connectivity index (χ1n) is 9.84. The van der Waals surface area contributed by atoms with Crippen LogP contribution in [-0.4, -0.2) is 33.2 Å². The second kappa shape index (κ2) is 7.92. The van der Waals surface area contributed by atoms with Crippen molar-refractivity contribution in [3.8, 4) is 22.8 Å². The van der Waals surface area contributed by atoms with Crippen molar-refractivity contribution in [1.82, 2.24) is 20.3 Å². The smallest absolute Gasteiger partial charge is 0.253 e. The van der Waals surface area contributed by atoms with E-state index in [-0.39, 0.29) is 11.7 Å². The van der Waals surface area contributed by atoms with Crippen molar-refractivity contribution in [1.29, 1.82) is 0 Å². The van der Waals surface area contributed by atoms with Crippen molar-refractivity contribution in [3.63, 3.8) is 0 Å². The molecule has 6 nitrogen and oxygen atoms in total. The molecule has 1 aliphatic heterocycles. The fourth-order valence-corrected chi connectivity index (χ4v) is 4.20. The number of benzene rings is 2. The van der Waals surface area contributed by atoms with Crippen molar-refractivity contribution in [2.75, 3.05) is 6.54 Å². The van der Waals surface area contributed by atoms with E-state index in [0.29, 0.717) is 40.3 Å². The van der Waals surface area contributed by atoms with Crippen LogP contribution in [0.3, 0.4) is 0 Å². The normalized spacial score (nSPS) is 12.9. The quantitative estimate of drug-likeness (QED) is 0.430. The molecule has 152 valence electrons. The molecule has 1 amide bonds. The number of fused-ring (bicyclic) bond motifs is 1. The van der Waals surface area contributed by atoms with Gasteiger partial charge in [-0.25, -0.2) is 9.97 Å². The molecule has 0 radical (unpaired) electrons. The summed E-state index contributed by atoms with van der Waals surface area (Å²) in [6, 6.07) is 18.3. The average molecular weight is 473 g/mol. The third-order valence-electron chi connectivity index (χ3n) is 5.27. The molecule has 1 aliphatic rings. The summed E-state index contributed by atoms with van der Waals surface area (Å²) in [4.78, 5) is 37.8. The molecule has 0 bridgehead atoms. The molecule has 0 atom stereocenters. The highest BCUT2D eigenvalue weighted by molar-refractivity contribution is 9.10. The predicted octanol–water partition coefficient (Wildman–Crippen LogP) is 4.42. The van der Waals surface area contributed by atoms with Crippen molar-refractivity contribution in [2.45, 2.75) is 6.42 Å². The van der Waals surface area contributed by atoms with E-state index in [1.165, 1.54) is 0 Å². The van der Waals surface area contributed by atoms with Crippen molar-refractivity contribution >= 4 is 27.6 Å². The highest BCUT2D eigenvalue weighted by atomic mass is 79.9. The van der Waals surface area contributed by atoms with Gasteiger partial charge in [-0.05, 0) is 24.3 Å². The number of nitrogens with one attached hydrogen (secondary N) is 2. The Kier molecular flexibility index (Phi) is 4.95. The second-order valence-electron chi connectivity index (χ2n) is 7.20. The summed E-state index contributed by atoms with van der Waals surface area (Å²) in [5.41, 5.74) is 4.72. The van der Waals surface area contributed by atoms with E-state index < -0.39 is 0 Å². The minimum atomic E-state index is -0.107. The molecule has 0 saturated heterocycles. The highest BCUT2D eigenvalue weighted by Crippen LogP contribution is 2.28. The van der Waals surface area contributed by atoms with Gasteiger partial charge in [0.25, 0.3) is 5.91 Å². The standard InChI is InChI=1S/C24H17BrN4O2/c25-18-8-4-3-7-16(18)22(30)14-5-1-2-6-15(14)23-26-11-10-20(29-23)21-13-17-19(28-21)9-12-27-24(17)31/h1-8,10-11,13,28H,9,12H2,(H,27,31). The summed E-state index contributed by atoms with van der Waals surface area (Å²) in [5.74, 6) is 0.261. The van der Waals surface area contributed by atoms with Gasteiger partial charge in [0, 0.05) is 46.0 Å². The molecular formula is C24H17BrN4O2. The number of ketones is 1. The Morgan fingerprint density at radius 2 is 1.74 bits per heavy atom. The van der Waals surface area contributed by atoms with E-state index >= 15 is 0 Å². The Bertz CT molecular complexity index is 1330. The largest absolute Gasteiger partial charge is 0.356 e. The number of hydrogen-bond donors (Lipinski definition) is 2. The molecular weight excluding hydrogens is 456 g/mol. The highest BCUT2D eigenvalue weighted by Gasteiger charge is 2.22. The van der Waals surface area contributed by atoms with Crippen LogP contribution in [0.25, 0.3) is 22.8 Å². The summed E-state index contributed by atoms with van der Waals surface area (Å²) in [5, 5.41) is 2.85. The molecule has 0 fully saturated rings. The van der Waals surface area contributed by atoms with Crippen molar-refractivity contribution in [3.05, 3.63) is 93.7 Å². The lowest BCUT2D eigenvalue weighted by molar-refractivity contribution is 0.0945. The molecule has 7 heteroatoms. The van der Waals surface area contributed by atoms with Crippen LogP contribution in [-0.2, 0) is 6.42 Å². The van der Waals surface area contributed by atoms with Crippen LogP contribution in [0.1, 0.15) is 32.0 Å². The fraction of sp³-hybridized carbons (Fsp3) is 0.0833. The number of aromatic amines is 1. The van der Waals surface area contributed by atoms with Gasteiger partial charge in [0.1, 0.15) is 0 Å². The Morgan fingerprint density at radius 3 is 2.55 bits per heavy atom. The Labute approximate surface area is 186 Å². The summed E-state index contributed by atoms with van der Waals surface area (Å²) in [7, 11) is 0. The van der Waals surface area contributed by atoms with Crippen LogP contribution >= 0.6 is 15.9 Å². The topological polar surface area (TPSA) is 87.7 Å². The Balaban J connectivity index is 1.57. The van der Waals surface area contributed by atoms with Crippen LogP contribution in [0.5, 0.6) is 0 Å². The van der Waals surface area contributed by atoms with E-state index in [9.17, 15) is 9.59 Å². The first-order valence-corrected chi connectivity index (χ1v) is 10.6. The van der Waals surface area contributed by atoms with E-state index in [1.54, 1.807) is 24.4 Å². The minimum Gasteiger partial charge on any atom is -0.356 e. The van der Waals surface area contributed by atoms with Crippen LogP contribution < -0.4 is 5.32 Å². The van der Waals surface area contributed by atoms with Crippen LogP contribution in [0.2, 0.25) is 0 Å². The Morgan fingerprint density at radius 1 is 0.968 bits per heavy atom. The molecule has 2 aromatic carbocycles. The zero-order valence-electron chi connectivity index (χ0n) is 16.4. The monoisotopic (exact) mass is 472 g/mol. The minimum absolute atomic E-state index is 0.0811. The van der Waals surface area contributed by atoms with E-state index in [0.717, 1.165) is 22.3 Å². The van der Waals surface area contributed by atoms with Gasteiger partial charge in [0.15, 0.2) is 11.6 Å². The van der Waals surface area contributed by atoms with Crippen LogP contribution in [0.15, 0.2) is 71.3 Å². The summed E-state index contributed by atoms with van der Waals surface area (Å²) < 4.78 is 0.736. The third kappa shape index (κ3) is 3.57. The number of amides is 1. The number of carbonyl (C=O) groups is 2. The lowest BCUT2D eigenvalue weighted by atomic mass is 9.98. The zero-order chi connectivity index (χ0) is 21.4.